The monoisotopic (exact) mass is 403 g/mol. The lowest BCUT2D eigenvalue weighted by Crippen LogP contribution is -2.50. The lowest BCUT2D eigenvalue weighted by molar-refractivity contribution is -0.00718. The van der Waals surface area contributed by atoms with Crippen LogP contribution in [0.25, 0.3) is 0 Å². The summed E-state index contributed by atoms with van der Waals surface area (Å²) in [5, 5.41) is 3.02. The molecule has 1 aromatic carbocycles. The highest BCUT2D eigenvalue weighted by Crippen LogP contribution is 2.63. The molecule has 0 unspecified atom stereocenters. The van der Waals surface area contributed by atoms with Gasteiger partial charge in [0.15, 0.2) is 0 Å². The highest BCUT2D eigenvalue weighted by Gasteiger charge is 2.54. The van der Waals surface area contributed by atoms with E-state index in [-0.39, 0.29) is 11.3 Å². The maximum atomic E-state index is 13.2. The molecule has 8 saturated carbocycles. The van der Waals surface area contributed by atoms with Gasteiger partial charge in [-0.15, -0.1) is 0 Å². The van der Waals surface area contributed by atoms with Gasteiger partial charge < -0.3 is 5.32 Å². The summed E-state index contributed by atoms with van der Waals surface area (Å²) < 4.78 is 0. The Kier molecular flexibility index (Phi) is 3.74. The number of benzene rings is 1. The van der Waals surface area contributed by atoms with Crippen LogP contribution in [0.1, 0.15) is 98.5 Å². The van der Waals surface area contributed by atoms with Crippen LogP contribution in [-0.2, 0) is 10.8 Å². The van der Waals surface area contributed by atoms with Crippen LogP contribution < -0.4 is 5.32 Å². The minimum atomic E-state index is 0.160. The molecule has 8 bridgehead atoms. The average molecular weight is 404 g/mol. The summed E-state index contributed by atoms with van der Waals surface area (Å²) in [5.74, 6) is 5.74. The van der Waals surface area contributed by atoms with Crippen molar-refractivity contribution >= 4 is 5.91 Å². The number of nitrogens with one attached hydrogen (secondary N) is 1. The van der Waals surface area contributed by atoms with Crippen LogP contribution in [0.3, 0.4) is 0 Å². The van der Waals surface area contributed by atoms with E-state index in [1.807, 2.05) is 7.05 Å². The summed E-state index contributed by atoms with van der Waals surface area (Å²) in [6.07, 6.45) is 16.9. The van der Waals surface area contributed by atoms with Gasteiger partial charge in [0.1, 0.15) is 0 Å². The molecule has 1 N–H and O–H groups in total. The number of carbonyl (C=O) groups excluding carboxylic acids is 1. The molecule has 8 fully saturated rings. The molecule has 9 rings (SSSR count). The van der Waals surface area contributed by atoms with E-state index in [1.54, 1.807) is 0 Å². The summed E-state index contributed by atoms with van der Waals surface area (Å²) in [7, 11) is 1.82. The first-order chi connectivity index (χ1) is 14.5. The molecular weight excluding hydrogens is 366 g/mol. The van der Waals surface area contributed by atoms with E-state index < -0.39 is 0 Å². The summed E-state index contributed by atoms with van der Waals surface area (Å²) in [5.41, 5.74) is 4.62. The summed E-state index contributed by atoms with van der Waals surface area (Å²) >= 11 is 0. The molecule has 0 aliphatic heterocycles. The van der Waals surface area contributed by atoms with E-state index in [0.717, 1.165) is 41.1 Å². The third kappa shape index (κ3) is 2.51. The smallest absolute Gasteiger partial charge is 0.251 e. The maximum absolute atomic E-state index is 13.2. The molecule has 0 aromatic heterocycles. The Hall–Kier alpha value is -1.31. The fourth-order valence-electron chi connectivity index (χ4n) is 10.6. The van der Waals surface area contributed by atoms with Gasteiger partial charge in [-0.05, 0) is 141 Å². The Morgan fingerprint density at radius 2 is 1.17 bits per heavy atom. The lowest BCUT2D eigenvalue weighted by atomic mass is 9.46. The van der Waals surface area contributed by atoms with Crippen LogP contribution in [0.4, 0.5) is 0 Å². The van der Waals surface area contributed by atoms with E-state index in [0.29, 0.717) is 5.41 Å². The van der Waals surface area contributed by atoms with Gasteiger partial charge >= 0.3 is 0 Å². The fourth-order valence-corrected chi connectivity index (χ4v) is 10.6. The Morgan fingerprint density at radius 3 is 1.60 bits per heavy atom. The van der Waals surface area contributed by atoms with Crippen molar-refractivity contribution in [2.24, 2.45) is 35.5 Å². The van der Waals surface area contributed by atoms with E-state index in [9.17, 15) is 4.79 Å². The van der Waals surface area contributed by atoms with Crippen molar-refractivity contribution in [3.63, 3.8) is 0 Å². The molecular formula is C28H37NO. The topological polar surface area (TPSA) is 29.1 Å². The van der Waals surface area contributed by atoms with Crippen molar-refractivity contribution in [2.75, 3.05) is 7.05 Å². The van der Waals surface area contributed by atoms with Crippen LogP contribution in [0.15, 0.2) is 18.2 Å². The van der Waals surface area contributed by atoms with Crippen LogP contribution in [-0.4, -0.2) is 13.0 Å². The van der Waals surface area contributed by atoms with Gasteiger partial charge in [-0.2, -0.15) is 0 Å². The van der Waals surface area contributed by atoms with E-state index in [2.05, 4.69) is 23.5 Å². The molecule has 160 valence electrons. The molecule has 0 radical (unpaired) electrons. The highest BCUT2D eigenvalue weighted by atomic mass is 16.1. The third-order valence-electron chi connectivity index (χ3n) is 10.8. The number of rotatable bonds is 3. The highest BCUT2D eigenvalue weighted by molar-refractivity contribution is 5.96. The SMILES string of the molecule is CNC(=O)c1cc(C23CC4CC(CC(C4)C2)C3)ccc1C12CC3CC(CC(C3)C1)C2. The zero-order chi connectivity index (χ0) is 20.1. The van der Waals surface area contributed by atoms with Gasteiger partial charge in [0.25, 0.3) is 5.91 Å². The second-order valence-corrected chi connectivity index (χ2v) is 12.7. The number of carbonyl (C=O) groups is 1. The van der Waals surface area contributed by atoms with Gasteiger partial charge in [0.05, 0.1) is 0 Å². The van der Waals surface area contributed by atoms with Crippen molar-refractivity contribution in [3.05, 3.63) is 34.9 Å². The molecule has 1 amide bonds. The predicted octanol–water partition coefficient (Wildman–Crippen LogP) is 5.98. The Labute approximate surface area is 181 Å². The van der Waals surface area contributed by atoms with Gasteiger partial charge in [0, 0.05) is 12.6 Å². The molecule has 30 heavy (non-hydrogen) atoms. The second kappa shape index (κ2) is 6.14. The normalized spacial score (nSPS) is 47.6. The molecule has 0 atom stereocenters. The zero-order valence-electron chi connectivity index (χ0n) is 18.6. The Bertz CT molecular complexity index is 827. The van der Waals surface area contributed by atoms with Crippen LogP contribution >= 0.6 is 0 Å². The van der Waals surface area contributed by atoms with Gasteiger partial charge in [-0.25, -0.2) is 0 Å². The summed E-state index contributed by atoms with van der Waals surface area (Å²) in [6, 6.07) is 7.33. The number of hydrogen-bond acceptors (Lipinski definition) is 1. The maximum Gasteiger partial charge on any atom is 0.251 e. The Balaban J connectivity index is 1.32. The first kappa shape index (κ1) is 18.3. The minimum Gasteiger partial charge on any atom is -0.355 e. The summed E-state index contributed by atoms with van der Waals surface area (Å²) in [6.45, 7) is 0. The summed E-state index contributed by atoms with van der Waals surface area (Å²) in [4.78, 5) is 13.2. The molecule has 1 aromatic rings. The molecule has 2 nitrogen and oxygen atoms in total. The quantitative estimate of drug-likeness (QED) is 0.661. The molecule has 0 spiro atoms. The van der Waals surface area contributed by atoms with Crippen LogP contribution in [0.2, 0.25) is 0 Å². The van der Waals surface area contributed by atoms with Crippen molar-refractivity contribution in [2.45, 2.75) is 87.9 Å². The fraction of sp³-hybridized carbons (Fsp3) is 0.750. The lowest BCUT2D eigenvalue weighted by Gasteiger charge is -2.58. The van der Waals surface area contributed by atoms with Crippen molar-refractivity contribution in [1.82, 2.24) is 5.32 Å². The van der Waals surface area contributed by atoms with Crippen LogP contribution in [0, 0.1) is 35.5 Å². The van der Waals surface area contributed by atoms with Crippen molar-refractivity contribution < 1.29 is 4.79 Å². The van der Waals surface area contributed by atoms with E-state index >= 15 is 0 Å². The first-order valence-corrected chi connectivity index (χ1v) is 12.9. The van der Waals surface area contributed by atoms with E-state index in [4.69, 9.17) is 0 Å². The third-order valence-corrected chi connectivity index (χ3v) is 10.8. The van der Waals surface area contributed by atoms with E-state index in [1.165, 1.54) is 88.2 Å². The average Bonchev–Trinajstić information content (AvgIpc) is 2.71. The molecule has 8 aliphatic rings. The molecule has 8 aliphatic carbocycles. The largest absolute Gasteiger partial charge is 0.355 e. The standard InChI is InChI=1S/C28H37NO/c1-29-26(30)24-10-23(27-11-17-4-18(12-27)6-19(5-17)13-27)2-3-25(24)28-14-20-7-21(15-28)9-22(8-20)16-28/h2-3,10,17-22H,4-9,11-16H2,1H3,(H,29,30). The Morgan fingerprint density at radius 1 is 0.733 bits per heavy atom. The number of amides is 1. The molecule has 0 saturated heterocycles. The van der Waals surface area contributed by atoms with Crippen LogP contribution in [0.5, 0.6) is 0 Å². The second-order valence-electron chi connectivity index (χ2n) is 12.7. The van der Waals surface area contributed by atoms with Gasteiger partial charge in [-0.1, -0.05) is 12.1 Å². The molecule has 0 heterocycles. The van der Waals surface area contributed by atoms with Crippen molar-refractivity contribution in [1.29, 1.82) is 0 Å². The number of hydrogen-bond donors (Lipinski definition) is 1. The zero-order valence-corrected chi connectivity index (χ0v) is 18.6. The van der Waals surface area contributed by atoms with Gasteiger partial charge in [-0.3, -0.25) is 4.79 Å². The first-order valence-electron chi connectivity index (χ1n) is 12.9. The minimum absolute atomic E-state index is 0.160. The van der Waals surface area contributed by atoms with Gasteiger partial charge in [0.2, 0.25) is 0 Å². The predicted molar refractivity (Wildman–Crippen MR) is 120 cm³/mol. The van der Waals surface area contributed by atoms with Crippen molar-refractivity contribution in [3.8, 4) is 0 Å². The molecule has 2 heteroatoms.